The van der Waals surface area contributed by atoms with Gasteiger partial charge in [0.15, 0.2) is 0 Å². The van der Waals surface area contributed by atoms with Crippen LogP contribution in [0.1, 0.15) is 30.5 Å². The van der Waals surface area contributed by atoms with Gasteiger partial charge in [0.2, 0.25) is 11.8 Å². The minimum absolute atomic E-state index is 0.0588. The second kappa shape index (κ2) is 15.8. The Morgan fingerprint density at radius 1 is 0.870 bits per heavy atom. The van der Waals surface area contributed by atoms with Crippen molar-refractivity contribution >= 4 is 39.3 Å². The lowest BCUT2D eigenvalue weighted by Crippen LogP contribution is -2.54. The monoisotopic (exact) mass is 659 g/mol. The van der Waals surface area contributed by atoms with E-state index in [0.717, 1.165) is 25.9 Å². The summed E-state index contributed by atoms with van der Waals surface area (Å²) in [6, 6.07) is 29.2. The number of hydrogen-bond acceptors (Lipinski definition) is 6. The Kier molecular flexibility index (Phi) is 11.9. The average molecular weight is 660 g/mol. The van der Waals surface area contributed by atoms with Crippen LogP contribution in [0.3, 0.4) is 0 Å². The Balaban J connectivity index is 1.81. The number of carbonyl (C=O) groups excluding carboxylic acids is 2. The van der Waals surface area contributed by atoms with Gasteiger partial charge in [-0.1, -0.05) is 60.2 Å². The molecular weight excluding hydrogens is 619 g/mol. The molecule has 0 radical (unpaired) electrons. The van der Waals surface area contributed by atoms with Crippen molar-refractivity contribution in [3.63, 3.8) is 0 Å². The lowest BCUT2D eigenvalue weighted by Gasteiger charge is -2.34. The van der Waals surface area contributed by atoms with Gasteiger partial charge in [0.05, 0.1) is 17.7 Å². The van der Waals surface area contributed by atoms with Crippen LogP contribution >= 0.6 is 11.8 Å². The van der Waals surface area contributed by atoms with Gasteiger partial charge in [-0.3, -0.25) is 13.9 Å². The molecule has 1 N–H and O–H groups in total. The number of ether oxygens (including phenoxy) is 1. The number of amides is 2. The van der Waals surface area contributed by atoms with E-state index in [1.807, 2.05) is 75.6 Å². The number of benzene rings is 4. The minimum Gasteiger partial charge on any atom is -0.497 e. The van der Waals surface area contributed by atoms with Crippen molar-refractivity contribution in [2.45, 2.75) is 55.6 Å². The predicted molar refractivity (Wildman–Crippen MR) is 185 cm³/mol. The van der Waals surface area contributed by atoms with Crippen molar-refractivity contribution in [1.29, 1.82) is 0 Å². The molecular formula is C36H41N3O5S2. The largest absolute Gasteiger partial charge is 0.497 e. The Morgan fingerprint density at radius 3 is 2.13 bits per heavy atom. The molecule has 10 heteroatoms. The quantitative estimate of drug-likeness (QED) is 0.165. The normalized spacial score (nSPS) is 12.0. The molecule has 8 nitrogen and oxygen atoms in total. The molecule has 46 heavy (non-hydrogen) atoms. The fourth-order valence-corrected chi connectivity index (χ4v) is 6.84. The van der Waals surface area contributed by atoms with E-state index in [1.54, 1.807) is 61.7 Å². The van der Waals surface area contributed by atoms with E-state index in [1.165, 1.54) is 16.7 Å². The van der Waals surface area contributed by atoms with Crippen LogP contribution in [0, 0.1) is 6.92 Å². The summed E-state index contributed by atoms with van der Waals surface area (Å²) in [5.74, 6) is -0.242. The first-order valence-electron chi connectivity index (χ1n) is 15.0. The van der Waals surface area contributed by atoms with Crippen LogP contribution < -0.4 is 14.4 Å². The van der Waals surface area contributed by atoms with Gasteiger partial charge in [0.25, 0.3) is 10.0 Å². The topological polar surface area (TPSA) is 96.0 Å². The minimum atomic E-state index is -4.17. The van der Waals surface area contributed by atoms with Crippen LogP contribution in [0.2, 0.25) is 0 Å². The standard InChI is InChI=1S/C36H41N3O5S2/c1-26(2)37-36(41)34(23-28-10-7-6-8-11-28)38(24-29-12-9-13-31(22-29)44-4)35(40)25-39(30-16-14-27(3)15-17-30)46(42,43)33-20-18-32(45-5)19-21-33/h6-22,26,34H,23-25H2,1-5H3,(H,37,41)/t34-/m1/s1. The molecule has 0 spiro atoms. The lowest BCUT2D eigenvalue weighted by molar-refractivity contribution is -0.140. The van der Waals surface area contributed by atoms with Gasteiger partial charge in [0, 0.05) is 23.9 Å². The Bertz CT molecular complexity index is 1710. The third-order valence-electron chi connectivity index (χ3n) is 7.44. The molecule has 2 amide bonds. The van der Waals surface area contributed by atoms with Gasteiger partial charge in [0.1, 0.15) is 18.3 Å². The molecule has 0 fully saturated rings. The molecule has 0 aromatic heterocycles. The first-order chi connectivity index (χ1) is 22.0. The summed E-state index contributed by atoms with van der Waals surface area (Å²) >= 11 is 1.51. The Labute approximate surface area is 276 Å². The molecule has 0 bridgehead atoms. The van der Waals surface area contributed by atoms with E-state index in [9.17, 15) is 18.0 Å². The van der Waals surface area contributed by atoms with Crippen molar-refractivity contribution in [1.82, 2.24) is 10.2 Å². The molecule has 4 aromatic rings. The number of hydrogen-bond donors (Lipinski definition) is 1. The molecule has 4 rings (SSSR count). The Hall–Kier alpha value is -4.28. The fourth-order valence-electron chi connectivity index (χ4n) is 5.02. The van der Waals surface area contributed by atoms with Crippen LogP contribution in [0.25, 0.3) is 0 Å². The van der Waals surface area contributed by atoms with E-state index in [2.05, 4.69) is 5.32 Å². The van der Waals surface area contributed by atoms with Crippen molar-refractivity contribution in [3.05, 3.63) is 120 Å². The summed E-state index contributed by atoms with van der Waals surface area (Å²) in [5.41, 5.74) is 2.90. The highest BCUT2D eigenvalue weighted by atomic mass is 32.2. The van der Waals surface area contributed by atoms with Crippen LogP contribution in [0.15, 0.2) is 113 Å². The van der Waals surface area contributed by atoms with E-state index in [-0.39, 0.29) is 29.8 Å². The molecule has 0 saturated heterocycles. The Morgan fingerprint density at radius 2 is 1.52 bits per heavy atom. The molecule has 0 aliphatic rings. The van der Waals surface area contributed by atoms with Gasteiger partial charge in [-0.25, -0.2) is 8.42 Å². The SMILES string of the molecule is COc1cccc(CN(C(=O)CN(c2ccc(C)cc2)S(=O)(=O)c2ccc(SC)cc2)[C@H](Cc2ccccc2)C(=O)NC(C)C)c1. The predicted octanol–water partition coefficient (Wildman–Crippen LogP) is 6.09. The number of anilines is 1. The van der Waals surface area contributed by atoms with Gasteiger partial charge >= 0.3 is 0 Å². The van der Waals surface area contributed by atoms with Crippen LogP contribution in [-0.4, -0.2) is 57.1 Å². The summed E-state index contributed by atoms with van der Waals surface area (Å²) in [4.78, 5) is 30.8. The molecule has 0 aliphatic carbocycles. The zero-order chi connectivity index (χ0) is 33.3. The number of carbonyl (C=O) groups is 2. The summed E-state index contributed by atoms with van der Waals surface area (Å²) in [5, 5.41) is 2.97. The highest BCUT2D eigenvalue weighted by Crippen LogP contribution is 2.27. The number of aryl methyl sites for hydroxylation is 1. The second-order valence-electron chi connectivity index (χ2n) is 11.3. The van der Waals surface area contributed by atoms with E-state index in [4.69, 9.17) is 4.74 Å². The van der Waals surface area contributed by atoms with Crippen LogP contribution in [-0.2, 0) is 32.6 Å². The van der Waals surface area contributed by atoms with Gasteiger partial charge in [-0.15, -0.1) is 11.8 Å². The van der Waals surface area contributed by atoms with Crippen LogP contribution in [0.4, 0.5) is 5.69 Å². The maximum atomic E-state index is 14.6. The fraction of sp³-hybridized carbons (Fsp3) is 0.278. The number of methoxy groups -OCH3 is 1. The van der Waals surface area contributed by atoms with Gasteiger partial charge < -0.3 is 15.0 Å². The van der Waals surface area contributed by atoms with Gasteiger partial charge in [-0.2, -0.15) is 0 Å². The molecule has 0 saturated carbocycles. The molecule has 242 valence electrons. The highest BCUT2D eigenvalue weighted by molar-refractivity contribution is 7.98. The number of rotatable bonds is 14. The maximum Gasteiger partial charge on any atom is 0.264 e. The van der Waals surface area contributed by atoms with Crippen molar-refractivity contribution in [2.24, 2.45) is 0 Å². The highest BCUT2D eigenvalue weighted by Gasteiger charge is 2.35. The molecule has 0 aliphatic heterocycles. The first-order valence-corrected chi connectivity index (χ1v) is 17.7. The number of nitrogens with one attached hydrogen (secondary N) is 1. The molecule has 0 unspecified atom stereocenters. The molecule has 1 atom stereocenters. The first kappa shape index (κ1) is 34.6. The number of sulfonamides is 1. The average Bonchev–Trinajstić information content (AvgIpc) is 3.05. The smallest absolute Gasteiger partial charge is 0.264 e. The zero-order valence-corrected chi connectivity index (χ0v) is 28.5. The van der Waals surface area contributed by atoms with Crippen LogP contribution in [0.5, 0.6) is 5.75 Å². The summed E-state index contributed by atoms with van der Waals surface area (Å²) in [6.07, 6.45) is 2.15. The number of nitrogens with zero attached hydrogens (tertiary/aromatic N) is 2. The third-order valence-corrected chi connectivity index (χ3v) is 9.97. The lowest BCUT2D eigenvalue weighted by atomic mass is 10.0. The maximum absolute atomic E-state index is 14.6. The van der Waals surface area contributed by atoms with E-state index >= 15 is 0 Å². The summed E-state index contributed by atoms with van der Waals surface area (Å²) < 4.78 is 35.0. The van der Waals surface area contributed by atoms with Crippen molar-refractivity contribution in [2.75, 3.05) is 24.2 Å². The number of thioether (sulfide) groups is 1. The third kappa shape index (κ3) is 8.92. The van der Waals surface area contributed by atoms with Crippen molar-refractivity contribution < 1.29 is 22.7 Å². The van der Waals surface area contributed by atoms with Crippen molar-refractivity contribution in [3.8, 4) is 5.75 Å². The van der Waals surface area contributed by atoms with E-state index < -0.39 is 28.5 Å². The summed E-state index contributed by atoms with van der Waals surface area (Å²) in [6.45, 7) is 5.18. The second-order valence-corrected chi connectivity index (χ2v) is 14.0. The molecule has 0 heterocycles. The summed E-state index contributed by atoms with van der Waals surface area (Å²) in [7, 11) is -2.61. The van der Waals surface area contributed by atoms with E-state index in [0.29, 0.717) is 11.4 Å². The zero-order valence-electron chi connectivity index (χ0n) is 26.8. The van der Waals surface area contributed by atoms with Gasteiger partial charge in [-0.05, 0) is 86.7 Å². The molecule has 4 aromatic carbocycles.